The van der Waals surface area contributed by atoms with Crippen molar-refractivity contribution in [1.29, 1.82) is 0 Å². The lowest BCUT2D eigenvalue weighted by Crippen LogP contribution is -2.45. The van der Waals surface area contributed by atoms with E-state index in [1.165, 1.54) is 0 Å². The van der Waals surface area contributed by atoms with Gasteiger partial charge in [0.05, 0.1) is 6.10 Å². The quantitative estimate of drug-likeness (QED) is 0.698. The number of H-pyrrole nitrogens is 1. The van der Waals surface area contributed by atoms with Crippen molar-refractivity contribution in [2.24, 2.45) is 5.41 Å². The van der Waals surface area contributed by atoms with E-state index in [9.17, 15) is 9.90 Å². The van der Waals surface area contributed by atoms with Crippen LogP contribution in [0.15, 0.2) is 0 Å². The summed E-state index contributed by atoms with van der Waals surface area (Å²) in [5.74, 6) is 0.723. The van der Waals surface area contributed by atoms with Crippen LogP contribution in [0.4, 0.5) is 0 Å². The van der Waals surface area contributed by atoms with E-state index >= 15 is 0 Å². The molecule has 124 valence electrons. The molecular formula is C15H26N4O2S. The smallest absolute Gasteiger partial charge is 0.240 e. The summed E-state index contributed by atoms with van der Waals surface area (Å²) in [4.78, 5) is 12.2. The first-order chi connectivity index (χ1) is 10.5. The van der Waals surface area contributed by atoms with Crippen LogP contribution in [-0.4, -0.2) is 38.4 Å². The van der Waals surface area contributed by atoms with Gasteiger partial charge in [-0.15, -0.1) is 0 Å². The molecule has 1 aliphatic rings. The molecule has 0 radical (unpaired) electrons. The van der Waals surface area contributed by atoms with E-state index in [4.69, 9.17) is 12.2 Å². The van der Waals surface area contributed by atoms with Gasteiger partial charge in [0, 0.05) is 18.4 Å². The highest BCUT2D eigenvalue weighted by Gasteiger charge is 2.35. The van der Waals surface area contributed by atoms with Gasteiger partial charge < -0.3 is 10.4 Å². The maximum absolute atomic E-state index is 12.2. The van der Waals surface area contributed by atoms with E-state index in [0.29, 0.717) is 11.3 Å². The zero-order chi connectivity index (χ0) is 16.2. The summed E-state index contributed by atoms with van der Waals surface area (Å²) in [5.41, 5.74) is -0.224. The highest BCUT2D eigenvalue weighted by molar-refractivity contribution is 7.71. The van der Waals surface area contributed by atoms with Crippen LogP contribution in [0.2, 0.25) is 0 Å². The van der Waals surface area contributed by atoms with E-state index in [2.05, 4.69) is 22.4 Å². The monoisotopic (exact) mass is 326 g/mol. The van der Waals surface area contributed by atoms with Gasteiger partial charge in [-0.1, -0.05) is 26.7 Å². The Hall–Kier alpha value is -1.21. The van der Waals surface area contributed by atoms with E-state index in [0.717, 1.165) is 44.3 Å². The van der Waals surface area contributed by atoms with Gasteiger partial charge in [-0.25, -0.2) is 0 Å². The number of aryl methyl sites for hydroxylation is 1. The number of nitrogens with zero attached hydrogens (tertiary/aromatic N) is 2. The topological polar surface area (TPSA) is 82.9 Å². The second kappa shape index (κ2) is 7.37. The molecule has 2 rings (SSSR count). The normalized spacial score (nSPS) is 25.1. The summed E-state index contributed by atoms with van der Waals surface area (Å²) in [5, 5.41) is 20.0. The zero-order valence-electron chi connectivity index (χ0n) is 13.4. The Morgan fingerprint density at radius 2 is 2.36 bits per heavy atom. The van der Waals surface area contributed by atoms with Crippen LogP contribution in [0.5, 0.6) is 0 Å². The second-order valence-corrected chi connectivity index (χ2v) is 6.86. The van der Waals surface area contributed by atoms with Gasteiger partial charge in [-0.2, -0.15) is 5.10 Å². The number of aliphatic hydroxyl groups excluding tert-OH is 1. The molecule has 7 heteroatoms. The summed E-state index contributed by atoms with van der Waals surface area (Å²) in [7, 11) is 0. The Morgan fingerprint density at radius 1 is 1.59 bits per heavy atom. The Kier molecular flexibility index (Phi) is 5.74. The molecule has 1 amide bonds. The molecule has 1 aromatic rings. The number of carbonyl (C=O) groups is 1. The van der Waals surface area contributed by atoms with E-state index in [-0.39, 0.29) is 24.0 Å². The van der Waals surface area contributed by atoms with Gasteiger partial charge >= 0.3 is 0 Å². The van der Waals surface area contributed by atoms with Gasteiger partial charge in [0.2, 0.25) is 5.91 Å². The Bertz CT molecular complexity index is 568. The summed E-state index contributed by atoms with van der Waals surface area (Å²) in [6.45, 7) is 4.79. The van der Waals surface area contributed by atoms with Gasteiger partial charge in [-0.05, 0) is 31.5 Å². The van der Waals surface area contributed by atoms with Crippen molar-refractivity contribution in [1.82, 2.24) is 20.1 Å². The minimum Gasteiger partial charge on any atom is -0.392 e. The first-order valence-electron chi connectivity index (χ1n) is 8.05. The number of aromatic amines is 1. The first-order valence-corrected chi connectivity index (χ1v) is 8.46. The molecule has 0 aromatic carbocycles. The Balaban J connectivity index is 1.93. The number of amides is 1. The number of nitrogens with one attached hydrogen (secondary N) is 2. The van der Waals surface area contributed by atoms with Crippen molar-refractivity contribution in [2.75, 3.05) is 6.54 Å². The van der Waals surface area contributed by atoms with Crippen LogP contribution >= 0.6 is 12.2 Å². The number of carbonyl (C=O) groups excluding carboxylic acids is 1. The lowest BCUT2D eigenvalue weighted by Gasteiger charge is -2.38. The van der Waals surface area contributed by atoms with Crippen LogP contribution < -0.4 is 5.32 Å². The molecule has 6 nitrogen and oxygen atoms in total. The van der Waals surface area contributed by atoms with Crippen molar-refractivity contribution < 1.29 is 9.90 Å². The predicted molar refractivity (Wildman–Crippen MR) is 87.0 cm³/mol. The third-order valence-corrected chi connectivity index (χ3v) is 4.89. The minimum absolute atomic E-state index is 0.0890. The fourth-order valence-electron chi connectivity index (χ4n) is 3.02. The van der Waals surface area contributed by atoms with E-state index < -0.39 is 0 Å². The molecule has 22 heavy (non-hydrogen) atoms. The van der Waals surface area contributed by atoms with Crippen molar-refractivity contribution >= 4 is 18.1 Å². The van der Waals surface area contributed by atoms with Crippen LogP contribution in [0.25, 0.3) is 0 Å². The number of hydrogen-bond donors (Lipinski definition) is 3. The standard InChI is InChI=1S/C15H26N4O2S/c1-3-6-12-17-18-14(22)19(12)9-13(21)16-10-15(2)8-5-4-7-11(15)20/h11,20H,3-10H2,1-2H3,(H,16,21)(H,18,22)/t11-,15-/m1/s1. The number of aromatic nitrogens is 3. The molecule has 1 aromatic heterocycles. The van der Waals surface area contributed by atoms with Crippen LogP contribution in [0, 0.1) is 10.2 Å². The minimum atomic E-state index is -0.340. The number of aliphatic hydroxyl groups is 1. The van der Waals surface area contributed by atoms with Gasteiger partial charge in [0.25, 0.3) is 0 Å². The molecule has 2 atom stereocenters. The highest BCUT2D eigenvalue weighted by Crippen LogP contribution is 2.35. The molecule has 1 heterocycles. The molecule has 0 saturated heterocycles. The van der Waals surface area contributed by atoms with Crippen LogP contribution in [0.3, 0.4) is 0 Å². The van der Waals surface area contributed by atoms with Crippen LogP contribution in [-0.2, 0) is 17.8 Å². The van der Waals surface area contributed by atoms with Gasteiger partial charge in [0.15, 0.2) is 4.77 Å². The molecule has 1 fully saturated rings. The van der Waals surface area contributed by atoms with Gasteiger partial charge in [0.1, 0.15) is 12.4 Å². The van der Waals surface area contributed by atoms with Crippen molar-refractivity contribution in [2.45, 2.75) is 65.0 Å². The zero-order valence-corrected chi connectivity index (χ0v) is 14.2. The number of hydrogen-bond acceptors (Lipinski definition) is 4. The molecule has 1 aliphatic carbocycles. The lowest BCUT2D eigenvalue weighted by atomic mass is 9.73. The molecule has 0 spiro atoms. The number of rotatable bonds is 6. The lowest BCUT2D eigenvalue weighted by molar-refractivity contribution is -0.122. The molecule has 0 bridgehead atoms. The van der Waals surface area contributed by atoms with E-state index in [1.54, 1.807) is 4.57 Å². The summed E-state index contributed by atoms with van der Waals surface area (Å²) < 4.78 is 2.22. The molecular weight excluding hydrogens is 300 g/mol. The third kappa shape index (κ3) is 3.95. The first kappa shape index (κ1) is 17.1. The van der Waals surface area contributed by atoms with Crippen molar-refractivity contribution in [3.63, 3.8) is 0 Å². The highest BCUT2D eigenvalue weighted by atomic mass is 32.1. The Labute approximate surface area is 136 Å². The summed E-state index contributed by atoms with van der Waals surface area (Å²) in [6.07, 6.45) is 5.34. The van der Waals surface area contributed by atoms with Gasteiger partial charge in [-0.3, -0.25) is 14.5 Å². The van der Waals surface area contributed by atoms with E-state index in [1.807, 2.05) is 6.92 Å². The largest absolute Gasteiger partial charge is 0.392 e. The van der Waals surface area contributed by atoms with Crippen molar-refractivity contribution in [3.05, 3.63) is 10.6 Å². The average Bonchev–Trinajstić information content (AvgIpc) is 2.82. The summed E-state index contributed by atoms with van der Waals surface area (Å²) in [6, 6.07) is 0. The van der Waals surface area contributed by atoms with Crippen molar-refractivity contribution in [3.8, 4) is 0 Å². The SMILES string of the molecule is CCCc1n[nH]c(=S)n1CC(=O)NC[C@@]1(C)CCCC[C@H]1O. The second-order valence-electron chi connectivity index (χ2n) is 6.47. The fraction of sp³-hybridized carbons (Fsp3) is 0.800. The third-order valence-electron chi connectivity index (χ3n) is 4.58. The Morgan fingerprint density at radius 3 is 3.05 bits per heavy atom. The summed E-state index contributed by atoms with van der Waals surface area (Å²) >= 11 is 5.18. The maximum atomic E-state index is 12.2. The predicted octanol–water partition coefficient (Wildman–Crippen LogP) is 1.95. The van der Waals surface area contributed by atoms with Crippen LogP contribution in [0.1, 0.15) is 51.8 Å². The molecule has 1 saturated carbocycles. The molecule has 0 unspecified atom stereocenters. The average molecular weight is 326 g/mol. The molecule has 0 aliphatic heterocycles. The molecule has 3 N–H and O–H groups in total. The maximum Gasteiger partial charge on any atom is 0.240 e. The fourth-order valence-corrected chi connectivity index (χ4v) is 3.23.